The van der Waals surface area contributed by atoms with Gasteiger partial charge in [0.25, 0.3) is 5.91 Å². The van der Waals surface area contributed by atoms with Crippen LogP contribution in [-0.4, -0.2) is 25.1 Å². The standard InChI is InChI=1S/C12H12Cl2N2O4S/c13-10(14)3-4-21(19,20)16-12(18)8-5-9(7-1-2-7)15-11(17)6-8/h3,5-7H,1-2,4H2,(H,15,17)(H,16,18). The molecule has 0 atom stereocenters. The summed E-state index contributed by atoms with van der Waals surface area (Å²) >= 11 is 10.6. The number of sulfonamides is 1. The number of H-pyrrole nitrogens is 1. The molecule has 0 bridgehead atoms. The highest BCUT2D eigenvalue weighted by Crippen LogP contribution is 2.38. The van der Waals surface area contributed by atoms with E-state index in [-0.39, 0.29) is 16.0 Å². The maximum atomic E-state index is 11.9. The number of pyridine rings is 1. The molecule has 0 spiro atoms. The molecule has 0 aliphatic heterocycles. The number of amides is 1. The maximum absolute atomic E-state index is 11.9. The fourth-order valence-corrected chi connectivity index (χ4v) is 2.93. The second kappa shape index (κ2) is 6.21. The fraction of sp³-hybridized carbons (Fsp3) is 0.333. The molecule has 9 heteroatoms. The van der Waals surface area contributed by atoms with E-state index in [1.807, 2.05) is 4.72 Å². The molecule has 1 saturated carbocycles. The van der Waals surface area contributed by atoms with Gasteiger partial charge in [-0.3, -0.25) is 9.59 Å². The van der Waals surface area contributed by atoms with Crippen LogP contribution in [0.15, 0.2) is 27.5 Å². The van der Waals surface area contributed by atoms with Gasteiger partial charge in [-0.15, -0.1) is 0 Å². The zero-order chi connectivity index (χ0) is 15.6. The van der Waals surface area contributed by atoms with Crippen LogP contribution in [0.4, 0.5) is 0 Å². The lowest BCUT2D eigenvalue weighted by Gasteiger charge is -2.06. The van der Waals surface area contributed by atoms with Crippen LogP contribution in [0.1, 0.15) is 34.8 Å². The second-order valence-electron chi connectivity index (χ2n) is 4.67. The molecule has 0 aromatic carbocycles. The van der Waals surface area contributed by atoms with Gasteiger partial charge in [-0.05, 0) is 30.9 Å². The first-order valence-electron chi connectivity index (χ1n) is 6.07. The SMILES string of the molecule is O=C(NS(=O)(=O)CC=C(Cl)Cl)c1cc(C2CC2)[nH]c(=O)c1. The average molecular weight is 351 g/mol. The molecule has 1 heterocycles. The largest absolute Gasteiger partial charge is 0.326 e. The van der Waals surface area contributed by atoms with E-state index in [1.54, 1.807) is 0 Å². The molecule has 2 rings (SSSR count). The monoisotopic (exact) mass is 350 g/mol. The summed E-state index contributed by atoms with van der Waals surface area (Å²) in [6, 6.07) is 2.55. The lowest BCUT2D eigenvalue weighted by Crippen LogP contribution is -2.32. The third kappa shape index (κ3) is 4.87. The predicted molar refractivity (Wildman–Crippen MR) is 80.1 cm³/mol. The van der Waals surface area contributed by atoms with E-state index >= 15 is 0 Å². The Hall–Kier alpha value is -1.31. The molecule has 1 aliphatic rings. The topological polar surface area (TPSA) is 96.1 Å². The molecule has 1 aromatic heterocycles. The molecule has 1 aliphatic carbocycles. The molecule has 1 fully saturated rings. The average Bonchev–Trinajstić information content (AvgIpc) is 3.19. The molecule has 6 nitrogen and oxygen atoms in total. The minimum absolute atomic E-state index is 0.00479. The van der Waals surface area contributed by atoms with Crippen LogP contribution >= 0.6 is 23.2 Å². The Morgan fingerprint density at radius 2 is 2.05 bits per heavy atom. The van der Waals surface area contributed by atoms with Crippen molar-refractivity contribution in [3.05, 3.63) is 44.3 Å². The van der Waals surface area contributed by atoms with Crippen molar-refractivity contribution in [2.24, 2.45) is 0 Å². The lowest BCUT2D eigenvalue weighted by molar-refractivity contribution is 0.0981. The van der Waals surface area contributed by atoms with E-state index in [1.165, 1.54) is 6.07 Å². The van der Waals surface area contributed by atoms with Gasteiger partial charge < -0.3 is 4.98 Å². The van der Waals surface area contributed by atoms with Crippen molar-refractivity contribution in [1.29, 1.82) is 0 Å². The Kier molecular flexibility index (Phi) is 4.75. The van der Waals surface area contributed by atoms with Crippen molar-refractivity contribution < 1.29 is 13.2 Å². The van der Waals surface area contributed by atoms with Crippen molar-refractivity contribution >= 4 is 39.1 Å². The van der Waals surface area contributed by atoms with Gasteiger partial charge in [0.05, 0.1) is 5.75 Å². The fourth-order valence-electron chi connectivity index (χ4n) is 1.72. The van der Waals surface area contributed by atoms with Crippen LogP contribution in [0.2, 0.25) is 0 Å². The smallest absolute Gasteiger partial charge is 0.264 e. The Morgan fingerprint density at radius 3 is 2.62 bits per heavy atom. The van der Waals surface area contributed by atoms with Gasteiger partial charge >= 0.3 is 0 Å². The number of rotatable bonds is 5. The summed E-state index contributed by atoms with van der Waals surface area (Å²) in [5.74, 6) is -1.15. The van der Waals surface area contributed by atoms with E-state index in [0.717, 1.165) is 25.0 Å². The zero-order valence-corrected chi connectivity index (χ0v) is 13.1. The molecule has 0 radical (unpaired) electrons. The number of carbonyl (C=O) groups is 1. The lowest BCUT2D eigenvalue weighted by atomic mass is 10.2. The first-order chi connectivity index (χ1) is 9.77. The number of nitrogens with one attached hydrogen (secondary N) is 2. The quantitative estimate of drug-likeness (QED) is 0.843. The minimum Gasteiger partial charge on any atom is -0.326 e. The van der Waals surface area contributed by atoms with Crippen LogP contribution in [0, 0.1) is 0 Å². The molecule has 0 unspecified atom stereocenters. The predicted octanol–water partition coefficient (Wildman–Crippen LogP) is 1.63. The molecule has 1 amide bonds. The van der Waals surface area contributed by atoms with E-state index in [9.17, 15) is 18.0 Å². The van der Waals surface area contributed by atoms with Gasteiger partial charge in [-0.1, -0.05) is 23.2 Å². The molecule has 1 aromatic rings. The number of aromatic nitrogens is 1. The highest BCUT2D eigenvalue weighted by Gasteiger charge is 2.26. The van der Waals surface area contributed by atoms with Crippen molar-refractivity contribution in [1.82, 2.24) is 9.71 Å². The van der Waals surface area contributed by atoms with Crippen molar-refractivity contribution in [2.45, 2.75) is 18.8 Å². The molecule has 21 heavy (non-hydrogen) atoms. The number of carbonyl (C=O) groups excluding carboxylic acids is 1. The van der Waals surface area contributed by atoms with Gasteiger partial charge in [-0.2, -0.15) is 0 Å². The summed E-state index contributed by atoms with van der Waals surface area (Å²) in [6.07, 6.45) is 2.93. The van der Waals surface area contributed by atoms with E-state index in [4.69, 9.17) is 23.2 Å². The van der Waals surface area contributed by atoms with E-state index < -0.39 is 27.2 Å². The number of hydrogen-bond donors (Lipinski definition) is 2. The summed E-state index contributed by atoms with van der Waals surface area (Å²) < 4.78 is 25.0. The summed E-state index contributed by atoms with van der Waals surface area (Å²) in [4.78, 5) is 26.1. The molecule has 114 valence electrons. The van der Waals surface area contributed by atoms with Crippen LogP contribution in [0.25, 0.3) is 0 Å². The van der Waals surface area contributed by atoms with Crippen molar-refractivity contribution in [2.75, 3.05) is 5.75 Å². The third-order valence-electron chi connectivity index (χ3n) is 2.85. The minimum atomic E-state index is -3.91. The summed E-state index contributed by atoms with van der Waals surface area (Å²) in [5, 5.41) is 0. The van der Waals surface area contributed by atoms with E-state index in [2.05, 4.69) is 4.98 Å². The second-order valence-corrected chi connectivity index (χ2v) is 7.44. The number of halogens is 2. The maximum Gasteiger partial charge on any atom is 0.264 e. The molecule has 0 saturated heterocycles. The Balaban J connectivity index is 2.17. The molecular formula is C12H12Cl2N2O4S. The van der Waals surface area contributed by atoms with Gasteiger partial charge in [-0.25, -0.2) is 13.1 Å². The number of hydrogen-bond acceptors (Lipinski definition) is 4. The summed E-state index contributed by atoms with van der Waals surface area (Å²) in [5.41, 5.74) is 0.213. The first kappa shape index (κ1) is 16.1. The Labute approximate surface area is 131 Å². The Morgan fingerprint density at radius 1 is 1.38 bits per heavy atom. The molecular weight excluding hydrogens is 339 g/mol. The van der Waals surface area contributed by atoms with Crippen LogP contribution < -0.4 is 10.3 Å². The summed E-state index contributed by atoms with van der Waals surface area (Å²) in [6.45, 7) is 0. The van der Waals surface area contributed by atoms with Gasteiger partial charge in [0.15, 0.2) is 0 Å². The highest BCUT2D eigenvalue weighted by atomic mass is 35.5. The van der Waals surface area contributed by atoms with Crippen molar-refractivity contribution in [3.8, 4) is 0 Å². The van der Waals surface area contributed by atoms with Crippen LogP contribution in [0.5, 0.6) is 0 Å². The normalized spacial score (nSPS) is 14.6. The summed E-state index contributed by atoms with van der Waals surface area (Å²) in [7, 11) is -3.91. The first-order valence-corrected chi connectivity index (χ1v) is 8.48. The Bertz CT molecular complexity index is 747. The van der Waals surface area contributed by atoms with Gasteiger partial charge in [0.2, 0.25) is 15.6 Å². The zero-order valence-electron chi connectivity index (χ0n) is 10.7. The highest BCUT2D eigenvalue weighted by molar-refractivity contribution is 7.90. The van der Waals surface area contributed by atoms with E-state index in [0.29, 0.717) is 5.69 Å². The van der Waals surface area contributed by atoms with Crippen molar-refractivity contribution in [3.63, 3.8) is 0 Å². The van der Waals surface area contributed by atoms with Crippen LogP contribution in [0.3, 0.4) is 0 Å². The van der Waals surface area contributed by atoms with Gasteiger partial charge in [0.1, 0.15) is 4.49 Å². The van der Waals surface area contributed by atoms with Gasteiger partial charge in [0, 0.05) is 17.3 Å². The number of aromatic amines is 1. The van der Waals surface area contributed by atoms with Crippen LogP contribution in [-0.2, 0) is 10.0 Å². The third-order valence-corrected chi connectivity index (χ3v) is 4.26. The molecule has 2 N–H and O–H groups in total.